The summed E-state index contributed by atoms with van der Waals surface area (Å²) in [6, 6.07) is 9.45. The number of nitrogens with one attached hydrogen (secondary N) is 3. The van der Waals surface area contributed by atoms with Crippen molar-refractivity contribution in [3.63, 3.8) is 0 Å². The van der Waals surface area contributed by atoms with Crippen LogP contribution in [0.4, 0.5) is 5.82 Å². The van der Waals surface area contributed by atoms with Crippen LogP contribution in [0.2, 0.25) is 0 Å². The Labute approximate surface area is 159 Å². The molecule has 1 aromatic heterocycles. The molecule has 0 spiro atoms. The molecule has 1 saturated heterocycles. The predicted octanol–water partition coefficient (Wildman–Crippen LogP) is 2.73. The quantitative estimate of drug-likeness (QED) is 0.575. The lowest BCUT2D eigenvalue weighted by molar-refractivity contribution is -0.117. The molecule has 0 bridgehead atoms. The monoisotopic (exact) mass is 365 g/mol. The largest absolute Gasteiger partial charge is 0.356 e. The van der Waals surface area contributed by atoms with Crippen LogP contribution in [0.5, 0.6) is 0 Å². The molecule has 3 N–H and O–H groups in total. The van der Waals surface area contributed by atoms with Gasteiger partial charge in [-0.25, -0.2) is 4.98 Å². The van der Waals surface area contributed by atoms with E-state index < -0.39 is 0 Å². The van der Waals surface area contributed by atoms with Gasteiger partial charge in [0.1, 0.15) is 11.7 Å². The molecular formula is C21H27N5O. The van der Waals surface area contributed by atoms with E-state index in [0.29, 0.717) is 11.6 Å². The minimum Gasteiger partial charge on any atom is -0.356 e. The number of piperidine rings is 1. The molecule has 2 heterocycles. The Kier molecular flexibility index (Phi) is 4.83. The highest BCUT2D eigenvalue weighted by Crippen LogP contribution is 2.28. The van der Waals surface area contributed by atoms with E-state index in [4.69, 9.17) is 10.4 Å². The predicted molar refractivity (Wildman–Crippen MR) is 109 cm³/mol. The van der Waals surface area contributed by atoms with Gasteiger partial charge in [-0.05, 0) is 50.8 Å². The standard InChI is InChI=1S/C21H27N5O/c1-13-3-6-19-15(11-13)12-18(20(22)23-14(2)27)21(25-19)26-9-7-17(8-10-26)24-16-4-5-16/h3,6,11-12,16-17,24H,4-5,7-10H2,1-2H3,(H2,22,23,27). The highest BCUT2D eigenvalue weighted by atomic mass is 16.1. The zero-order chi connectivity index (χ0) is 19.0. The fraction of sp³-hybridized carbons (Fsp3) is 0.476. The van der Waals surface area contributed by atoms with Gasteiger partial charge < -0.3 is 15.5 Å². The minimum atomic E-state index is -0.234. The first kappa shape index (κ1) is 17.9. The summed E-state index contributed by atoms with van der Waals surface area (Å²) in [6.45, 7) is 5.30. The van der Waals surface area contributed by atoms with Crippen LogP contribution in [0.15, 0.2) is 24.3 Å². The van der Waals surface area contributed by atoms with Crippen molar-refractivity contribution in [3.05, 3.63) is 35.4 Å². The lowest BCUT2D eigenvalue weighted by Gasteiger charge is -2.34. The zero-order valence-corrected chi connectivity index (χ0v) is 16.0. The van der Waals surface area contributed by atoms with Crippen molar-refractivity contribution >= 4 is 28.5 Å². The number of aromatic nitrogens is 1. The molecule has 0 atom stereocenters. The first-order valence-corrected chi connectivity index (χ1v) is 9.78. The van der Waals surface area contributed by atoms with Gasteiger partial charge in [0.05, 0.1) is 11.1 Å². The Morgan fingerprint density at radius 3 is 2.52 bits per heavy atom. The van der Waals surface area contributed by atoms with Crippen molar-refractivity contribution in [2.45, 2.75) is 51.6 Å². The number of anilines is 1. The van der Waals surface area contributed by atoms with Crippen molar-refractivity contribution < 1.29 is 4.79 Å². The SMILES string of the molecule is CC(=O)NC(=N)c1cc2cc(C)ccc2nc1N1CCC(NC2CC2)CC1. The van der Waals surface area contributed by atoms with E-state index >= 15 is 0 Å². The van der Waals surface area contributed by atoms with Gasteiger partial charge in [0, 0.05) is 37.5 Å². The third-order valence-corrected chi connectivity index (χ3v) is 5.36. The molecular weight excluding hydrogens is 338 g/mol. The molecule has 1 aromatic carbocycles. The molecule has 1 amide bonds. The fourth-order valence-electron chi connectivity index (χ4n) is 3.80. The Hall–Kier alpha value is -2.47. The van der Waals surface area contributed by atoms with Crippen LogP contribution in [-0.4, -0.2) is 41.9 Å². The van der Waals surface area contributed by atoms with Crippen LogP contribution in [0.3, 0.4) is 0 Å². The number of aryl methyl sites for hydroxylation is 1. The normalized spacial score (nSPS) is 17.9. The molecule has 142 valence electrons. The number of amidine groups is 1. The Balaban J connectivity index is 1.63. The second kappa shape index (κ2) is 7.27. The molecule has 0 unspecified atom stereocenters. The van der Waals surface area contributed by atoms with Crippen molar-refractivity contribution in [2.24, 2.45) is 0 Å². The van der Waals surface area contributed by atoms with Gasteiger partial charge in [-0.2, -0.15) is 0 Å². The van der Waals surface area contributed by atoms with Gasteiger partial charge >= 0.3 is 0 Å². The van der Waals surface area contributed by atoms with Crippen LogP contribution < -0.4 is 15.5 Å². The lowest BCUT2D eigenvalue weighted by Crippen LogP contribution is -2.44. The number of fused-ring (bicyclic) bond motifs is 1. The maximum absolute atomic E-state index is 11.5. The van der Waals surface area contributed by atoms with Crippen molar-refractivity contribution in [2.75, 3.05) is 18.0 Å². The maximum atomic E-state index is 11.5. The summed E-state index contributed by atoms with van der Waals surface area (Å²) in [5.41, 5.74) is 2.77. The van der Waals surface area contributed by atoms with Crippen molar-refractivity contribution in [3.8, 4) is 0 Å². The molecule has 2 fully saturated rings. The van der Waals surface area contributed by atoms with E-state index in [0.717, 1.165) is 54.3 Å². The fourth-order valence-corrected chi connectivity index (χ4v) is 3.80. The zero-order valence-electron chi connectivity index (χ0n) is 16.0. The second-order valence-corrected chi connectivity index (χ2v) is 7.81. The van der Waals surface area contributed by atoms with Crippen LogP contribution in [-0.2, 0) is 4.79 Å². The molecule has 6 nitrogen and oxygen atoms in total. The molecule has 1 aliphatic heterocycles. The summed E-state index contributed by atoms with van der Waals surface area (Å²) >= 11 is 0. The van der Waals surface area contributed by atoms with Crippen molar-refractivity contribution in [1.82, 2.24) is 15.6 Å². The summed E-state index contributed by atoms with van der Waals surface area (Å²) in [6.07, 6.45) is 4.78. The van der Waals surface area contributed by atoms with E-state index in [1.165, 1.54) is 19.8 Å². The van der Waals surface area contributed by atoms with Crippen LogP contribution in [0.25, 0.3) is 10.9 Å². The molecule has 4 rings (SSSR count). The average molecular weight is 365 g/mol. The second-order valence-electron chi connectivity index (χ2n) is 7.81. The Morgan fingerprint density at radius 2 is 1.85 bits per heavy atom. The third kappa shape index (κ3) is 4.11. The third-order valence-electron chi connectivity index (χ3n) is 5.36. The van der Waals surface area contributed by atoms with E-state index in [9.17, 15) is 4.79 Å². The lowest BCUT2D eigenvalue weighted by atomic mass is 10.0. The van der Waals surface area contributed by atoms with Gasteiger partial charge in [-0.15, -0.1) is 0 Å². The summed E-state index contributed by atoms with van der Waals surface area (Å²) in [5.74, 6) is 0.684. The Bertz CT molecular complexity index is 882. The van der Waals surface area contributed by atoms with Gasteiger partial charge in [-0.3, -0.25) is 10.2 Å². The number of carbonyl (C=O) groups is 1. The average Bonchev–Trinajstić information content (AvgIpc) is 3.44. The van der Waals surface area contributed by atoms with Gasteiger partial charge in [0.15, 0.2) is 0 Å². The van der Waals surface area contributed by atoms with E-state index in [2.05, 4.69) is 27.7 Å². The first-order valence-electron chi connectivity index (χ1n) is 9.78. The molecule has 0 radical (unpaired) electrons. The molecule has 6 heteroatoms. The van der Waals surface area contributed by atoms with Crippen molar-refractivity contribution in [1.29, 1.82) is 5.41 Å². The minimum absolute atomic E-state index is 0.117. The molecule has 2 aromatic rings. The van der Waals surface area contributed by atoms with Crippen LogP contribution in [0, 0.1) is 12.3 Å². The highest BCUT2D eigenvalue weighted by molar-refractivity contribution is 6.10. The van der Waals surface area contributed by atoms with Gasteiger partial charge in [0.2, 0.25) is 5.91 Å². The first-order chi connectivity index (χ1) is 13.0. The highest BCUT2D eigenvalue weighted by Gasteiger charge is 2.28. The molecule has 1 saturated carbocycles. The van der Waals surface area contributed by atoms with Gasteiger partial charge in [0.25, 0.3) is 0 Å². The summed E-state index contributed by atoms with van der Waals surface area (Å²) in [4.78, 5) is 18.6. The van der Waals surface area contributed by atoms with Crippen LogP contribution in [0.1, 0.15) is 43.7 Å². The molecule has 27 heavy (non-hydrogen) atoms. The summed E-state index contributed by atoms with van der Waals surface area (Å²) in [5, 5.41) is 15.7. The number of rotatable bonds is 4. The number of carbonyl (C=O) groups excluding carboxylic acids is 1. The van der Waals surface area contributed by atoms with E-state index in [-0.39, 0.29) is 11.7 Å². The smallest absolute Gasteiger partial charge is 0.222 e. The number of nitrogens with zero attached hydrogens (tertiary/aromatic N) is 2. The molecule has 1 aliphatic carbocycles. The number of amides is 1. The van der Waals surface area contributed by atoms with Gasteiger partial charge in [-0.1, -0.05) is 11.6 Å². The molecule has 2 aliphatic rings. The number of pyridine rings is 1. The van der Waals surface area contributed by atoms with E-state index in [1.807, 2.05) is 19.1 Å². The van der Waals surface area contributed by atoms with Crippen LogP contribution >= 0.6 is 0 Å². The number of benzene rings is 1. The summed E-state index contributed by atoms with van der Waals surface area (Å²) < 4.78 is 0. The maximum Gasteiger partial charge on any atom is 0.222 e. The number of hydrogen-bond donors (Lipinski definition) is 3. The Morgan fingerprint density at radius 1 is 1.15 bits per heavy atom. The topological polar surface area (TPSA) is 81.1 Å². The van der Waals surface area contributed by atoms with E-state index in [1.54, 1.807) is 0 Å². The number of hydrogen-bond acceptors (Lipinski definition) is 5. The summed E-state index contributed by atoms with van der Waals surface area (Å²) in [7, 11) is 0.